The standard InChI is InChI=1S/C20H29N2O9P/c1-3-27-18(25)20(6-4-7-20)8-10-28-32(26)29-12-14-16(31-32)19(2,21)17(30-14)22-9-5-13(23)11-15(22)24/h5,9,14,16-17H,3-4,6-8,10-12,21H2,1-2H3/t14-,16-,17-,19-,32+/m1/s1. The molecule has 1 aliphatic carbocycles. The maximum absolute atomic E-state index is 13.1. The van der Waals surface area contributed by atoms with Crippen LogP contribution in [0.15, 0.2) is 12.3 Å². The quantitative estimate of drug-likeness (QED) is 0.328. The van der Waals surface area contributed by atoms with Crippen molar-refractivity contribution < 1.29 is 42.0 Å². The van der Waals surface area contributed by atoms with Crippen LogP contribution >= 0.6 is 7.82 Å². The molecule has 0 aromatic rings. The van der Waals surface area contributed by atoms with Gasteiger partial charge in [-0.05, 0) is 39.2 Å². The van der Waals surface area contributed by atoms with E-state index < -0.39 is 43.1 Å². The van der Waals surface area contributed by atoms with E-state index in [1.165, 1.54) is 17.2 Å². The monoisotopic (exact) mass is 472 g/mol. The van der Waals surface area contributed by atoms with Gasteiger partial charge in [0.05, 0.1) is 37.2 Å². The highest BCUT2D eigenvalue weighted by Gasteiger charge is 2.60. The van der Waals surface area contributed by atoms with E-state index in [0.717, 1.165) is 6.42 Å². The molecule has 0 radical (unpaired) electrons. The number of phosphoric acid groups is 1. The van der Waals surface area contributed by atoms with Gasteiger partial charge in [0.25, 0.3) is 0 Å². The number of amides is 1. The van der Waals surface area contributed by atoms with E-state index in [9.17, 15) is 18.9 Å². The Morgan fingerprint density at radius 3 is 2.75 bits per heavy atom. The maximum Gasteiger partial charge on any atom is 0.475 e. The van der Waals surface area contributed by atoms with Gasteiger partial charge >= 0.3 is 13.8 Å². The number of ether oxygens (including phenoxy) is 2. The molecule has 12 heteroatoms. The van der Waals surface area contributed by atoms with E-state index in [1.807, 2.05) is 0 Å². The number of esters is 1. The minimum absolute atomic E-state index is 0.00545. The number of rotatable bonds is 7. The van der Waals surface area contributed by atoms with Crippen LogP contribution in [-0.4, -0.2) is 66.4 Å². The highest BCUT2D eigenvalue weighted by molar-refractivity contribution is 7.48. The van der Waals surface area contributed by atoms with Crippen molar-refractivity contribution >= 4 is 25.5 Å². The number of carbonyl (C=O) groups is 3. The van der Waals surface area contributed by atoms with E-state index in [4.69, 9.17) is 28.8 Å². The third kappa shape index (κ3) is 4.18. The van der Waals surface area contributed by atoms with E-state index in [0.29, 0.717) is 25.9 Å². The van der Waals surface area contributed by atoms with Crippen molar-refractivity contribution in [1.29, 1.82) is 0 Å². The Morgan fingerprint density at radius 2 is 2.12 bits per heavy atom. The zero-order valence-electron chi connectivity index (χ0n) is 18.2. The van der Waals surface area contributed by atoms with Crippen LogP contribution < -0.4 is 5.73 Å². The summed E-state index contributed by atoms with van der Waals surface area (Å²) >= 11 is 0. The van der Waals surface area contributed by atoms with Gasteiger partial charge in [-0.2, -0.15) is 0 Å². The summed E-state index contributed by atoms with van der Waals surface area (Å²) in [6.07, 6.45) is 2.55. The van der Waals surface area contributed by atoms with E-state index in [1.54, 1.807) is 13.8 Å². The molecule has 0 unspecified atom stereocenters. The molecule has 3 aliphatic heterocycles. The fourth-order valence-electron chi connectivity index (χ4n) is 4.55. The molecule has 2 N–H and O–H groups in total. The summed E-state index contributed by atoms with van der Waals surface area (Å²) in [5.41, 5.74) is 4.61. The summed E-state index contributed by atoms with van der Waals surface area (Å²) in [5.74, 6) is -1.01. The molecule has 0 aromatic heterocycles. The van der Waals surface area contributed by atoms with Crippen molar-refractivity contribution in [2.75, 3.05) is 19.8 Å². The molecule has 11 nitrogen and oxygen atoms in total. The Hall–Kier alpha value is -1.62. The smallest absolute Gasteiger partial charge is 0.466 e. The van der Waals surface area contributed by atoms with E-state index in [-0.39, 0.29) is 31.4 Å². The number of phosphoric ester groups is 1. The fraction of sp³-hybridized carbons (Fsp3) is 0.750. The SMILES string of the molecule is CCOC(=O)C1(CCO[P@@]2(=O)OC[C@H]3O[C@@H](N4C=CC(=O)CC4=O)[C@](C)(N)[C@@H]3O2)CCC1. The summed E-state index contributed by atoms with van der Waals surface area (Å²) in [4.78, 5) is 37.3. The van der Waals surface area contributed by atoms with Crippen LogP contribution in [0.25, 0.3) is 0 Å². The summed E-state index contributed by atoms with van der Waals surface area (Å²) < 4.78 is 40.7. The molecule has 1 amide bonds. The Balaban J connectivity index is 1.39. The summed E-state index contributed by atoms with van der Waals surface area (Å²) in [6.45, 7) is 3.58. The van der Waals surface area contributed by atoms with Crippen LogP contribution in [0.3, 0.4) is 0 Å². The van der Waals surface area contributed by atoms with Crippen molar-refractivity contribution in [2.45, 2.75) is 69.9 Å². The number of carbonyl (C=O) groups excluding carboxylic acids is 3. The second kappa shape index (κ2) is 8.62. The number of hydrogen-bond donors (Lipinski definition) is 1. The lowest BCUT2D eigenvalue weighted by Gasteiger charge is -2.40. The Kier molecular flexibility index (Phi) is 6.34. The normalized spacial score (nSPS) is 38.3. The minimum atomic E-state index is -3.96. The summed E-state index contributed by atoms with van der Waals surface area (Å²) in [6, 6.07) is 0. The number of nitrogens with zero attached hydrogens (tertiary/aromatic N) is 1. The lowest BCUT2D eigenvalue weighted by molar-refractivity contribution is -0.162. The van der Waals surface area contributed by atoms with Gasteiger partial charge in [-0.3, -0.25) is 32.9 Å². The van der Waals surface area contributed by atoms with Crippen LogP contribution in [0.1, 0.15) is 46.0 Å². The third-order valence-electron chi connectivity index (χ3n) is 6.56. The molecular weight excluding hydrogens is 443 g/mol. The van der Waals surface area contributed by atoms with Crippen molar-refractivity contribution in [1.82, 2.24) is 4.90 Å². The molecule has 1 saturated carbocycles. The van der Waals surface area contributed by atoms with Crippen molar-refractivity contribution in [3.63, 3.8) is 0 Å². The lowest BCUT2D eigenvalue weighted by Crippen LogP contribution is -2.60. The molecule has 0 aromatic carbocycles. The van der Waals surface area contributed by atoms with E-state index in [2.05, 4.69) is 0 Å². The zero-order chi connectivity index (χ0) is 23.1. The van der Waals surface area contributed by atoms with Gasteiger partial charge in [-0.15, -0.1) is 0 Å². The predicted molar refractivity (Wildman–Crippen MR) is 109 cm³/mol. The molecule has 5 atom stereocenters. The minimum Gasteiger partial charge on any atom is -0.466 e. The van der Waals surface area contributed by atoms with Gasteiger partial charge in [0, 0.05) is 6.20 Å². The first-order valence-corrected chi connectivity index (χ1v) is 12.3. The van der Waals surface area contributed by atoms with Gasteiger partial charge in [0.1, 0.15) is 12.2 Å². The zero-order valence-corrected chi connectivity index (χ0v) is 19.1. The molecule has 178 valence electrons. The number of fused-ring (bicyclic) bond motifs is 1. The predicted octanol–water partition coefficient (Wildman–Crippen LogP) is 1.41. The number of ketones is 1. The van der Waals surface area contributed by atoms with E-state index >= 15 is 0 Å². The third-order valence-corrected chi connectivity index (χ3v) is 8.01. The first-order chi connectivity index (χ1) is 15.1. The first kappa shape index (κ1) is 23.5. The highest BCUT2D eigenvalue weighted by Crippen LogP contribution is 2.58. The van der Waals surface area contributed by atoms with Gasteiger partial charge in [-0.25, -0.2) is 4.57 Å². The lowest BCUT2D eigenvalue weighted by atomic mass is 9.67. The molecule has 3 heterocycles. The van der Waals surface area contributed by atoms with Gasteiger partial charge in [0.15, 0.2) is 12.0 Å². The summed E-state index contributed by atoms with van der Waals surface area (Å²) in [5, 5.41) is 0. The Labute approximate surface area is 186 Å². The van der Waals surface area contributed by atoms with Gasteiger partial charge < -0.3 is 15.2 Å². The van der Waals surface area contributed by atoms with Crippen LogP contribution in [-0.2, 0) is 42.0 Å². The van der Waals surface area contributed by atoms with Crippen LogP contribution in [0.2, 0.25) is 0 Å². The van der Waals surface area contributed by atoms with Crippen LogP contribution in [0.5, 0.6) is 0 Å². The fourth-order valence-corrected chi connectivity index (χ4v) is 6.03. The first-order valence-electron chi connectivity index (χ1n) is 10.8. The average molecular weight is 472 g/mol. The van der Waals surface area contributed by atoms with Crippen molar-refractivity contribution in [2.24, 2.45) is 11.1 Å². The summed E-state index contributed by atoms with van der Waals surface area (Å²) in [7, 11) is -3.96. The molecule has 32 heavy (non-hydrogen) atoms. The molecule has 0 spiro atoms. The number of nitrogens with two attached hydrogens (primary N) is 1. The van der Waals surface area contributed by atoms with Gasteiger partial charge in [0.2, 0.25) is 5.91 Å². The van der Waals surface area contributed by atoms with Crippen LogP contribution in [0.4, 0.5) is 0 Å². The number of hydrogen-bond acceptors (Lipinski definition) is 10. The molecule has 0 bridgehead atoms. The largest absolute Gasteiger partial charge is 0.475 e. The Bertz CT molecular complexity index is 869. The molecule has 4 aliphatic rings. The average Bonchev–Trinajstić information content (AvgIpc) is 2.94. The molecular formula is C20H29N2O9P. The molecule has 2 saturated heterocycles. The van der Waals surface area contributed by atoms with Crippen LogP contribution in [0, 0.1) is 5.41 Å². The molecule has 4 rings (SSSR count). The highest BCUT2D eigenvalue weighted by atomic mass is 31.2. The van der Waals surface area contributed by atoms with Crippen molar-refractivity contribution in [3.8, 4) is 0 Å². The Morgan fingerprint density at radius 1 is 1.38 bits per heavy atom. The van der Waals surface area contributed by atoms with Gasteiger partial charge in [-0.1, -0.05) is 6.42 Å². The number of allylic oxidation sites excluding steroid dienone is 1. The second-order valence-electron chi connectivity index (χ2n) is 8.86. The topological polar surface area (TPSA) is 144 Å². The maximum atomic E-state index is 13.1. The van der Waals surface area contributed by atoms with Crippen molar-refractivity contribution in [3.05, 3.63) is 12.3 Å². The second-order valence-corrected chi connectivity index (χ2v) is 10.5. The molecule has 3 fully saturated rings.